The van der Waals surface area contributed by atoms with Crippen molar-refractivity contribution in [1.82, 2.24) is 20.0 Å². The first-order valence-electron chi connectivity index (χ1n) is 11.4. The molecule has 1 aliphatic heterocycles. The second-order valence-electron chi connectivity index (χ2n) is 8.20. The van der Waals surface area contributed by atoms with Crippen LogP contribution in [0.4, 0.5) is 5.82 Å². The molecule has 1 saturated carbocycles. The minimum Gasteiger partial charge on any atom is -0.494 e. The predicted octanol–water partition coefficient (Wildman–Crippen LogP) is 3.14. The molecule has 1 saturated heterocycles. The molecule has 5 rings (SSSR count). The smallest absolute Gasteiger partial charge is 0.260 e. The van der Waals surface area contributed by atoms with E-state index in [0.717, 1.165) is 49.0 Å². The predicted molar refractivity (Wildman–Crippen MR) is 121 cm³/mol. The van der Waals surface area contributed by atoms with Crippen LogP contribution >= 0.6 is 0 Å². The van der Waals surface area contributed by atoms with Gasteiger partial charge in [-0.05, 0) is 56.2 Å². The van der Waals surface area contributed by atoms with Crippen LogP contribution in [0.25, 0.3) is 11.4 Å². The van der Waals surface area contributed by atoms with Gasteiger partial charge in [0.25, 0.3) is 5.91 Å². The molecule has 1 aliphatic carbocycles. The number of aromatic nitrogens is 3. The SMILES string of the molecule is CCOc1ccc(OCC(=O)N2CCN(c3ccc(-c4noc(C5CC5)n4)cn3)CC2)cc1. The minimum absolute atomic E-state index is 0.0181. The first-order chi connectivity index (χ1) is 16.2. The molecule has 0 atom stereocenters. The molecular weight excluding hydrogens is 422 g/mol. The first-order valence-corrected chi connectivity index (χ1v) is 11.4. The molecule has 0 bridgehead atoms. The van der Waals surface area contributed by atoms with Crippen LogP contribution in [0.3, 0.4) is 0 Å². The summed E-state index contributed by atoms with van der Waals surface area (Å²) >= 11 is 0. The topological polar surface area (TPSA) is 93.8 Å². The Morgan fingerprint density at radius 3 is 2.39 bits per heavy atom. The van der Waals surface area contributed by atoms with E-state index in [0.29, 0.717) is 37.2 Å². The molecule has 0 spiro atoms. The summed E-state index contributed by atoms with van der Waals surface area (Å²) in [7, 11) is 0. The molecule has 1 aromatic carbocycles. The van der Waals surface area contributed by atoms with Crippen molar-refractivity contribution in [2.24, 2.45) is 0 Å². The summed E-state index contributed by atoms with van der Waals surface area (Å²) in [5.74, 6) is 4.04. The Hall–Kier alpha value is -3.62. The summed E-state index contributed by atoms with van der Waals surface area (Å²) in [6.07, 6.45) is 4.03. The van der Waals surface area contributed by atoms with Crippen LogP contribution < -0.4 is 14.4 Å². The number of carbonyl (C=O) groups is 1. The Labute approximate surface area is 192 Å². The minimum atomic E-state index is -0.0181. The van der Waals surface area contributed by atoms with Crippen molar-refractivity contribution in [1.29, 1.82) is 0 Å². The van der Waals surface area contributed by atoms with Crippen LogP contribution in [0.1, 0.15) is 31.6 Å². The maximum atomic E-state index is 12.6. The lowest BCUT2D eigenvalue weighted by molar-refractivity contribution is -0.133. The van der Waals surface area contributed by atoms with Gasteiger partial charge in [-0.2, -0.15) is 4.98 Å². The van der Waals surface area contributed by atoms with Crippen LogP contribution in [0, 0.1) is 0 Å². The van der Waals surface area contributed by atoms with Crippen molar-refractivity contribution >= 4 is 11.7 Å². The molecule has 1 amide bonds. The van der Waals surface area contributed by atoms with Crippen LogP contribution in [0.15, 0.2) is 47.1 Å². The lowest BCUT2D eigenvalue weighted by Crippen LogP contribution is -2.50. The second kappa shape index (κ2) is 9.48. The van der Waals surface area contributed by atoms with Gasteiger partial charge < -0.3 is 23.8 Å². The molecule has 2 aromatic heterocycles. The van der Waals surface area contributed by atoms with Gasteiger partial charge >= 0.3 is 0 Å². The number of benzene rings is 1. The van der Waals surface area contributed by atoms with Crippen LogP contribution in [-0.2, 0) is 4.79 Å². The largest absolute Gasteiger partial charge is 0.494 e. The van der Waals surface area contributed by atoms with Crippen molar-refractivity contribution in [3.8, 4) is 22.9 Å². The van der Waals surface area contributed by atoms with Crippen molar-refractivity contribution in [2.75, 3.05) is 44.3 Å². The third-order valence-electron chi connectivity index (χ3n) is 5.83. The molecule has 2 fully saturated rings. The Kier molecular flexibility index (Phi) is 6.10. The summed E-state index contributed by atoms with van der Waals surface area (Å²) in [6.45, 7) is 5.27. The van der Waals surface area contributed by atoms with Gasteiger partial charge in [-0.1, -0.05) is 5.16 Å². The Balaban J connectivity index is 1.10. The first kappa shape index (κ1) is 21.2. The molecule has 0 N–H and O–H groups in total. The number of anilines is 1. The lowest BCUT2D eigenvalue weighted by atomic mass is 10.2. The third-order valence-corrected chi connectivity index (χ3v) is 5.83. The Morgan fingerprint density at radius 1 is 1.03 bits per heavy atom. The van der Waals surface area contributed by atoms with E-state index in [1.807, 2.05) is 48.2 Å². The second-order valence-corrected chi connectivity index (χ2v) is 8.20. The molecular formula is C24H27N5O4. The highest BCUT2D eigenvalue weighted by Crippen LogP contribution is 2.39. The average Bonchev–Trinajstić information content (AvgIpc) is 3.60. The van der Waals surface area contributed by atoms with Crippen LogP contribution in [-0.4, -0.2) is 65.3 Å². The van der Waals surface area contributed by atoms with Gasteiger partial charge in [0.1, 0.15) is 17.3 Å². The van der Waals surface area contributed by atoms with Gasteiger partial charge in [0.05, 0.1) is 6.61 Å². The highest BCUT2D eigenvalue weighted by atomic mass is 16.5. The van der Waals surface area contributed by atoms with E-state index < -0.39 is 0 Å². The zero-order valence-electron chi connectivity index (χ0n) is 18.6. The molecule has 2 aliphatic rings. The molecule has 0 unspecified atom stereocenters. The molecule has 3 aromatic rings. The van der Waals surface area contributed by atoms with E-state index in [1.54, 1.807) is 6.20 Å². The molecule has 172 valence electrons. The number of hydrogen-bond donors (Lipinski definition) is 0. The van der Waals surface area contributed by atoms with Crippen molar-refractivity contribution < 1.29 is 18.8 Å². The van der Waals surface area contributed by atoms with E-state index in [9.17, 15) is 4.79 Å². The van der Waals surface area contributed by atoms with E-state index in [1.165, 1.54) is 0 Å². The Bertz CT molecular complexity index is 1070. The van der Waals surface area contributed by atoms with Crippen LogP contribution in [0.2, 0.25) is 0 Å². The normalized spacial score (nSPS) is 16.0. The van der Waals surface area contributed by atoms with E-state index in [-0.39, 0.29) is 12.5 Å². The fourth-order valence-electron chi connectivity index (χ4n) is 3.77. The quantitative estimate of drug-likeness (QED) is 0.518. The molecule has 9 heteroatoms. The number of rotatable bonds is 8. The van der Waals surface area contributed by atoms with E-state index in [2.05, 4.69) is 20.0 Å². The maximum absolute atomic E-state index is 12.6. The zero-order chi connectivity index (χ0) is 22.6. The number of pyridine rings is 1. The number of carbonyl (C=O) groups excluding carboxylic acids is 1. The molecule has 33 heavy (non-hydrogen) atoms. The van der Waals surface area contributed by atoms with E-state index >= 15 is 0 Å². The maximum Gasteiger partial charge on any atom is 0.260 e. The van der Waals surface area contributed by atoms with Gasteiger partial charge in [0.15, 0.2) is 6.61 Å². The summed E-state index contributed by atoms with van der Waals surface area (Å²) < 4.78 is 16.4. The zero-order valence-corrected chi connectivity index (χ0v) is 18.6. The number of hydrogen-bond acceptors (Lipinski definition) is 8. The molecule has 0 radical (unpaired) electrons. The monoisotopic (exact) mass is 449 g/mol. The van der Waals surface area contributed by atoms with Gasteiger partial charge in [-0.3, -0.25) is 4.79 Å². The third kappa shape index (κ3) is 5.08. The van der Waals surface area contributed by atoms with Crippen LogP contribution in [0.5, 0.6) is 11.5 Å². The number of ether oxygens (including phenoxy) is 2. The number of amides is 1. The summed E-state index contributed by atoms with van der Waals surface area (Å²) in [5, 5.41) is 4.07. The average molecular weight is 450 g/mol. The number of nitrogens with zero attached hydrogens (tertiary/aromatic N) is 5. The summed E-state index contributed by atoms with van der Waals surface area (Å²) in [6, 6.07) is 11.2. The Morgan fingerprint density at radius 2 is 1.76 bits per heavy atom. The highest BCUT2D eigenvalue weighted by molar-refractivity contribution is 5.78. The fourth-order valence-corrected chi connectivity index (χ4v) is 3.77. The van der Waals surface area contributed by atoms with E-state index in [4.69, 9.17) is 14.0 Å². The lowest BCUT2D eigenvalue weighted by Gasteiger charge is -2.35. The van der Waals surface area contributed by atoms with Gasteiger partial charge in [-0.15, -0.1) is 0 Å². The molecule has 3 heterocycles. The number of piperazine rings is 1. The summed E-state index contributed by atoms with van der Waals surface area (Å²) in [4.78, 5) is 25.6. The van der Waals surface area contributed by atoms with Crippen molar-refractivity contribution in [3.63, 3.8) is 0 Å². The van der Waals surface area contributed by atoms with Gasteiger partial charge in [0, 0.05) is 43.9 Å². The van der Waals surface area contributed by atoms with Crippen molar-refractivity contribution in [3.05, 3.63) is 48.5 Å². The highest BCUT2D eigenvalue weighted by Gasteiger charge is 2.30. The summed E-state index contributed by atoms with van der Waals surface area (Å²) in [5.41, 5.74) is 0.842. The standard InChI is InChI=1S/C24H27N5O4/c1-2-31-19-6-8-20(9-7-19)32-16-22(30)29-13-11-28(12-14-29)21-10-5-18(15-25-21)23-26-24(33-27-23)17-3-4-17/h5-10,15,17H,2-4,11-14,16H2,1H3. The van der Waals surface area contributed by atoms with Gasteiger partial charge in [-0.25, -0.2) is 4.98 Å². The molecule has 9 nitrogen and oxygen atoms in total. The fraction of sp³-hybridized carbons (Fsp3) is 0.417. The van der Waals surface area contributed by atoms with Gasteiger partial charge in [0.2, 0.25) is 11.7 Å². The van der Waals surface area contributed by atoms with Crippen molar-refractivity contribution in [2.45, 2.75) is 25.7 Å².